The number of likely N-dealkylation sites (N-methyl/N-ethyl adjacent to an activating group) is 1. The molecule has 4 nitrogen and oxygen atoms in total. The molecule has 2 heterocycles. The van der Waals surface area contributed by atoms with Gasteiger partial charge in [0, 0.05) is 24.6 Å². The van der Waals surface area contributed by atoms with Gasteiger partial charge in [-0.1, -0.05) is 13.0 Å². The summed E-state index contributed by atoms with van der Waals surface area (Å²) in [5.74, 6) is 0.625. The van der Waals surface area contributed by atoms with Crippen molar-refractivity contribution >= 4 is 5.82 Å². The van der Waals surface area contributed by atoms with Gasteiger partial charge in [-0.05, 0) is 48.7 Å². The Hall–Kier alpha value is -1.94. The molecule has 0 saturated carbocycles. The van der Waals surface area contributed by atoms with E-state index in [0.29, 0.717) is 11.9 Å². The monoisotopic (exact) mass is 256 g/mol. The van der Waals surface area contributed by atoms with Gasteiger partial charge in [0.2, 0.25) is 0 Å². The quantitative estimate of drug-likeness (QED) is 0.827. The minimum absolute atomic E-state index is 0.360. The zero-order valence-electron chi connectivity index (χ0n) is 11.2. The first-order valence-corrected chi connectivity index (χ1v) is 6.61. The second-order valence-corrected chi connectivity index (χ2v) is 4.57. The first-order valence-electron chi connectivity index (χ1n) is 6.61. The largest absolute Gasteiger partial charge is 0.383 e. The molecular weight excluding hydrogens is 236 g/mol. The zero-order chi connectivity index (χ0) is 13.5. The van der Waals surface area contributed by atoms with Crippen molar-refractivity contribution in [3.63, 3.8) is 0 Å². The molecule has 0 saturated heterocycles. The molecule has 0 radical (unpaired) electrons. The molecule has 1 atom stereocenters. The minimum atomic E-state index is 0.360. The predicted octanol–water partition coefficient (Wildman–Crippen LogP) is 1.82. The van der Waals surface area contributed by atoms with Crippen LogP contribution in [0.25, 0.3) is 0 Å². The summed E-state index contributed by atoms with van der Waals surface area (Å²) in [7, 11) is 0. The molecule has 4 heteroatoms. The van der Waals surface area contributed by atoms with Crippen molar-refractivity contribution < 1.29 is 0 Å². The van der Waals surface area contributed by atoms with Gasteiger partial charge in [-0.2, -0.15) is 0 Å². The van der Waals surface area contributed by atoms with Crippen LogP contribution in [0.1, 0.15) is 18.1 Å². The number of hydrogen-bond acceptors (Lipinski definition) is 4. The summed E-state index contributed by atoms with van der Waals surface area (Å²) < 4.78 is 0. The van der Waals surface area contributed by atoms with Crippen LogP contribution in [0, 0.1) is 0 Å². The standard InChI is InChI=1S/C15H20N4/c1-2-18-14(10-12-5-8-17-9-6-12)11-13-4-3-7-19-15(13)16/h3-9,14,18H,2,10-11H2,1H3,(H2,16,19). The molecule has 0 fully saturated rings. The fourth-order valence-corrected chi connectivity index (χ4v) is 2.20. The van der Waals surface area contributed by atoms with E-state index in [4.69, 9.17) is 5.73 Å². The lowest BCUT2D eigenvalue weighted by atomic mass is 10.00. The highest BCUT2D eigenvalue weighted by atomic mass is 14.9. The predicted molar refractivity (Wildman–Crippen MR) is 77.8 cm³/mol. The number of nitrogens with one attached hydrogen (secondary N) is 1. The SMILES string of the molecule is CCNC(Cc1ccncc1)Cc1cccnc1N. The Bertz CT molecular complexity index is 499. The summed E-state index contributed by atoms with van der Waals surface area (Å²) in [4.78, 5) is 8.19. The second-order valence-electron chi connectivity index (χ2n) is 4.57. The molecule has 100 valence electrons. The maximum absolute atomic E-state index is 5.91. The van der Waals surface area contributed by atoms with Crippen LogP contribution in [0.15, 0.2) is 42.9 Å². The summed E-state index contributed by atoms with van der Waals surface area (Å²) >= 11 is 0. The molecule has 2 aromatic heterocycles. The highest BCUT2D eigenvalue weighted by Gasteiger charge is 2.11. The van der Waals surface area contributed by atoms with E-state index in [9.17, 15) is 0 Å². The third-order valence-corrected chi connectivity index (χ3v) is 3.12. The van der Waals surface area contributed by atoms with Crippen molar-refractivity contribution in [2.45, 2.75) is 25.8 Å². The number of nitrogens with two attached hydrogens (primary N) is 1. The highest BCUT2D eigenvalue weighted by Crippen LogP contribution is 2.12. The van der Waals surface area contributed by atoms with E-state index in [2.05, 4.69) is 34.3 Å². The summed E-state index contributed by atoms with van der Waals surface area (Å²) in [6, 6.07) is 8.44. The molecule has 0 aliphatic carbocycles. The molecule has 0 aliphatic rings. The Balaban J connectivity index is 2.06. The fourth-order valence-electron chi connectivity index (χ4n) is 2.20. The van der Waals surface area contributed by atoms with Gasteiger partial charge in [0.15, 0.2) is 0 Å². The normalized spacial score (nSPS) is 12.3. The Kier molecular flexibility index (Phi) is 4.86. The number of nitrogens with zero attached hydrogens (tertiary/aromatic N) is 2. The number of nitrogen functional groups attached to an aromatic ring is 1. The van der Waals surface area contributed by atoms with Crippen molar-refractivity contribution in [1.29, 1.82) is 0 Å². The summed E-state index contributed by atoms with van der Waals surface area (Å²) in [6.45, 7) is 3.06. The Morgan fingerprint density at radius 1 is 1.16 bits per heavy atom. The first-order chi connectivity index (χ1) is 9.29. The van der Waals surface area contributed by atoms with E-state index in [1.54, 1.807) is 6.20 Å². The molecule has 3 N–H and O–H groups in total. The van der Waals surface area contributed by atoms with Gasteiger partial charge in [0.05, 0.1) is 0 Å². The lowest BCUT2D eigenvalue weighted by Gasteiger charge is -2.18. The maximum atomic E-state index is 5.91. The fraction of sp³-hybridized carbons (Fsp3) is 0.333. The molecular formula is C15H20N4. The number of rotatable bonds is 6. The molecule has 0 aliphatic heterocycles. The van der Waals surface area contributed by atoms with Gasteiger partial charge in [-0.3, -0.25) is 4.98 Å². The van der Waals surface area contributed by atoms with Crippen LogP contribution in [0.2, 0.25) is 0 Å². The lowest BCUT2D eigenvalue weighted by Crippen LogP contribution is -2.33. The molecule has 1 unspecified atom stereocenters. The Morgan fingerprint density at radius 2 is 1.95 bits per heavy atom. The third kappa shape index (κ3) is 4.03. The number of hydrogen-bond donors (Lipinski definition) is 2. The molecule has 2 rings (SSSR count). The molecule has 0 amide bonds. The van der Waals surface area contributed by atoms with Gasteiger partial charge in [0.1, 0.15) is 5.82 Å². The smallest absolute Gasteiger partial charge is 0.126 e. The van der Waals surface area contributed by atoms with Gasteiger partial charge >= 0.3 is 0 Å². The van der Waals surface area contributed by atoms with Gasteiger partial charge in [-0.25, -0.2) is 4.98 Å². The van der Waals surface area contributed by atoms with Crippen molar-refractivity contribution in [1.82, 2.24) is 15.3 Å². The van der Waals surface area contributed by atoms with Gasteiger partial charge in [-0.15, -0.1) is 0 Å². The Morgan fingerprint density at radius 3 is 2.63 bits per heavy atom. The van der Waals surface area contributed by atoms with Crippen LogP contribution in [0.5, 0.6) is 0 Å². The number of anilines is 1. The molecule has 0 spiro atoms. The minimum Gasteiger partial charge on any atom is -0.383 e. The van der Waals surface area contributed by atoms with E-state index in [-0.39, 0.29) is 0 Å². The van der Waals surface area contributed by atoms with Crippen molar-refractivity contribution in [3.05, 3.63) is 54.0 Å². The van der Waals surface area contributed by atoms with Crippen LogP contribution in [-0.4, -0.2) is 22.6 Å². The van der Waals surface area contributed by atoms with E-state index < -0.39 is 0 Å². The third-order valence-electron chi connectivity index (χ3n) is 3.12. The lowest BCUT2D eigenvalue weighted by molar-refractivity contribution is 0.521. The van der Waals surface area contributed by atoms with Crippen LogP contribution in [-0.2, 0) is 12.8 Å². The van der Waals surface area contributed by atoms with E-state index in [1.165, 1.54) is 5.56 Å². The summed E-state index contributed by atoms with van der Waals surface area (Å²) in [5, 5.41) is 3.50. The van der Waals surface area contributed by atoms with Crippen LogP contribution in [0.3, 0.4) is 0 Å². The second kappa shape index (κ2) is 6.85. The highest BCUT2D eigenvalue weighted by molar-refractivity contribution is 5.39. The van der Waals surface area contributed by atoms with Crippen LogP contribution in [0.4, 0.5) is 5.82 Å². The summed E-state index contributed by atoms with van der Waals surface area (Å²) in [5.41, 5.74) is 8.29. The van der Waals surface area contributed by atoms with E-state index in [0.717, 1.165) is 24.9 Å². The van der Waals surface area contributed by atoms with Crippen LogP contribution >= 0.6 is 0 Å². The first kappa shape index (κ1) is 13.5. The van der Waals surface area contributed by atoms with Gasteiger partial charge < -0.3 is 11.1 Å². The van der Waals surface area contributed by atoms with E-state index in [1.807, 2.05) is 24.5 Å². The molecule has 2 aromatic rings. The van der Waals surface area contributed by atoms with Crippen molar-refractivity contribution in [2.75, 3.05) is 12.3 Å². The maximum Gasteiger partial charge on any atom is 0.126 e. The zero-order valence-corrected chi connectivity index (χ0v) is 11.2. The molecule has 0 aromatic carbocycles. The van der Waals surface area contributed by atoms with E-state index >= 15 is 0 Å². The summed E-state index contributed by atoms with van der Waals surface area (Å²) in [6.07, 6.45) is 7.23. The topological polar surface area (TPSA) is 63.8 Å². The van der Waals surface area contributed by atoms with Gasteiger partial charge in [0.25, 0.3) is 0 Å². The van der Waals surface area contributed by atoms with Crippen LogP contribution < -0.4 is 11.1 Å². The van der Waals surface area contributed by atoms with Crippen molar-refractivity contribution in [2.24, 2.45) is 0 Å². The number of aromatic nitrogens is 2. The molecule has 0 bridgehead atoms. The number of pyridine rings is 2. The molecule has 19 heavy (non-hydrogen) atoms. The average Bonchev–Trinajstić information content (AvgIpc) is 2.43. The average molecular weight is 256 g/mol. The Labute approximate surface area is 114 Å². The van der Waals surface area contributed by atoms with Crippen molar-refractivity contribution in [3.8, 4) is 0 Å².